The first-order valence-electron chi connectivity index (χ1n) is 7.14. The van der Waals surface area contributed by atoms with E-state index >= 15 is 0 Å². The van der Waals surface area contributed by atoms with Crippen LogP contribution in [0.4, 0.5) is 0 Å². The largest absolute Gasteiger partial charge is 0.359 e. The summed E-state index contributed by atoms with van der Waals surface area (Å²) in [5, 5.41) is 6.38. The lowest BCUT2D eigenvalue weighted by Gasteiger charge is -2.15. The van der Waals surface area contributed by atoms with Gasteiger partial charge in [-0.15, -0.1) is 11.3 Å². The third-order valence-electron chi connectivity index (χ3n) is 4.08. The first-order chi connectivity index (χ1) is 9.76. The summed E-state index contributed by atoms with van der Waals surface area (Å²) in [5.41, 5.74) is 1.42. The average molecular weight is 288 g/mol. The third kappa shape index (κ3) is 2.86. The van der Waals surface area contributed by atoms with Crippen LogP contribution in [0.2, 0.25) is 0 Å². The van der Waals surface area contributed by atoms with E-state index in [-0.39, 0.29) is 5.91 Å². The van der Waals surface area contributed by atoms with Crippen molar-refractivity contribution in [3.05, 3.63) is 35.2 Å². The molecule has 4 heteroatoms. The minimum absolute atomic E-state index is 0.165. The number of likely N-dealkylation sites (tertiary alicyclic amines) is 1. The van der Waals surface area contributed by atoms with Crippen molar-refractivity contribution in [3.8, 4) is 0 Å². The van der Waals surface area contributed by atoms with Gasteiger partial charge in [0.15, 0.2) is 0 Å². The molecule has 1 aliphatic rings. The fraction of sp³-hybridized carbons (Fsp3) is 0.438. The van der Waals surface area contributed by atoms with Crippen LogP contribution in [0, 0.1) is 5.92 Å². The van der Waals surface area contributed by atoms with Crippen LogP contribution in [0.5, 0.6) is 0 Å². The standard InChI is InChI=1S/C16H20N2OS/c1-17-16(19)8-12-6-7-18(9-12)10-13-11-20-15-5-3-2-4-14(13)15/h2-5,11-12H,6-10H2,1H3,(H,17,19). The molecule has 106 valence electrons. The molecular weight excluding hydrogens is 268 g/mol. The average Bonchev–Trinajstić information content (AvgIpc) is 3.07. The molecule has 2 aromatic rings. The summed E-state index contributed by atoms with van der Waals surface area (Å²) in [4.78, 5) is 13.9. The Morgan fingerprint density at radius 1 is 1.45 bits per heavy atom. The smallest absolute Gasteiger partial charge is 0.220 e. The van der Waals surface area contributed by atoms with Crippen molar-refractivity contribution >= 4 is 27.3 Å². The highest BCUT2D eigenvalue weighted by Crippen LogP contribution is 2.28. The second-order valence-corrected chi connectivity index (χ2v) is 6.44. The van der Waals surface area contributed by atoms with E-state index < -0.39 is 0 Å². The highest BCUT2D eigenvalue weighted by atomic mass is 32.1. The van der Waals surface area contributed by atoms with E-state index in [4.69, 9.17) is 0 Å². The number of fused-ring (bicyclic) bond motifs is 1. The second-order valence-electron chi connectivity index (χ2n) is 5.52. The lowest BCUT2D eigenvalue weighted by Crippen LogP contribution is -2.24. The van der Waals surface area contributed by atoms with E-state index in [1.807, 2.05) is 11.3 Å². The molecule has 20 heavy (non-hydrogen) atoms. The van der Waals surface area contributed by atoms with Gasteiger partial charge in [-0.25, -0.2) is 0 Å². The van der Waals surface area contributed by atoms with Gasteiger partial charge in [-0.1, -0.05) is 18.2 Å². The number of rotatable bonds is 4. The Morgan fingerprint density at radius 2 is 2.30 bits per heavy atom. The number of hydrogen-bond acceptors (Lipinski definition) is 3. The van der Waals surface area contributed by atoms with Crippen LogP contribution in [0.1, 0.15) is 18.4 Å². The molecule has 3 nitrogen and oxygen atoms in total. The van der Waals surface area contributed by atoms with Crippen LogP contribution in [0.25, 0.3) is 10.1 Å². The molecule has 0 aliphatic carbocycles. The Kier molecular flexibility index (Phi) is 4.03. The first-order valence-corrected chi connectivity index (χ1v) is 8.02. The van der Waals surface area contributed by atoms with Crippen LogP contribution >= 0.6 is 11.3 Å². The fourth-order valence-corrected chi connectivity index (χ4v) is 3.94. The number of amides is 1. The third-order valence-corrected chi connectivity index (χ3v) is 5.09. The molecule has 1 unspecified atom stereocenters. The lowest BCUT2D eigenvalue weighted by molar-refractivity contribution is -0.121. The van der Waals surface area contributed by atoms with Crippen molar-refractivity contribution < 1.29 is 4.79 Å². The Hall–Kier alpha value is -1.39. The van der Waals surface area contributed by atoms with E-state index in [0.29, 0.717) is 12.3 Å². The summed E-state index contributed by atoms with van der Waals surface area (Å²) in [6.45, 7) is 3.15. The summed E-state index contributed by atoms with van der Waals surface area (Å²) in [5.74, 6) is 0.678. The second kappa shape index (κ2) is 5.94. The molecule has 3 rings (SSSR count). The minimum Gasteiger partial charge on any atom is -0.359 e. The molecule has 1 aromatic heterocycles. The molecule has 0 spiro atoms. The highest BCUT2D eigenvalue weighted by Gasteiger charge is 2.24. The van der Waals surface area contributed by atoms with E-state index in [1.165, 1.54) is 15.6 Å². The number of thiophene rings is 1. The summed E-state index contributed by atoms with van der Waals surface area (Å²) in [6.07, 6.45) is 1.80. The Morgan fingerprint density at radius 3 is 3.15 bits per heavy atom. The van der Waals surface area contributed by atoms with Crippen molar-refractivity contribution in [1.29, 1.82) is 0 Å². The van der Waals surface area contributed by atoms with Gasteiger partial charge in [-0.2, -0.15) is 0 Å². The number of nitrogens with one attached hydrogen (secondary N) is 1. The van der Waals surface area contributed by atoms with Crippen molar-refractivity contribution in [2.45, 2.75) is 19.4 Å². The monoisotopic (exact) mass is 288 g/mol. The molecule has 0 bridgehead atoms. The maximum atomic E-state index is 11.4. The van der Waals surface area contributed by atoms with Crippen molar-refractivity contribution in [3.63, 3.8) is 0 Å². The maximum Gasteiger partial charge on any atom is 0.220 e. The maximum absolute atomic E-state index is 11.4. The van der Waals surface area contributed by atoms with Gasteiger partial charge >= 0.3 is 0 Å². The lowest BCUT2D eigenvalue weighted by atomic mass is 10.0. The molecular formula is C16H20N2OS. The zero-order valence-electron chi connectivity index (χ0n) is 11.8. The molecule has 2 heterocycles. The predicted molar refractivity (Wildman–Crippen MR) is 83.9 cm³/mol. The summed E-state index contributed by atoms with van der Waals surface area (Å²) < 4.78 is 1.36. The quantitative estimate of drug-likeness (QED) is 0.938. The minimum atomic E-state index is 0.165. The fourth-order valence-electron chi connectivity index (χ4n) is 2.98. The molecule has 1 aromatic carbocycles. The molecule has 0 saturated carbocycles. The zero-order valence-corrected chi connectivity index (χ0v) is 12.6. The van der Waals surface area contributed by atoms with Gasteiger partial charge in [-0.05, 0) is 41.3 Å². The number of benzene rings is 1. The molecule has 1 N–H and O–H groups in total. The van der Waals surface area contributed by atoms with Crippen molar-refractivity contribution in [2.24, 2.45) is 5.92 Å². The Bertz CT molecular complexity index is 607. The van der Waals surface area contributed by atoms with E-state index in [9.17, 15) is 4.79 Å². The summed E-state index contributed by atoms with van der Waals surface area (Å²) in [7, 11) is 1.71. The molecule has 0 radical (unpaired) electrons. The van der Waals surface area contributed by atoms with Crippen LogP contribution in [-0.2, 0) is 11.3 Å². The normalized spacial score (nSPS) is 19.6. The van der Waals surface area contributed by atoms with Crippen LogP contribution in [0.3, 0.4) is 0 Å². The van der Waals surface area contributed by atoms with Gasteiger partial charge in [0.25, 0.3) is 0 Å². The van der Waals surface area contributed by atoms with Crippen LogP contribution in [-0.4, -0.2) is 30.9 Å². The van der Waals surface area contributed by atoms with E-state index in [0.717, 1.165) is 26.1 Å². The van der Waals surface area contributed by atoms with Gasteiger partial charge < -0.3 is 5.32 Å². The van der Waals surface area contributed by atoms with Crippen LogP contribution < -0.4 is 5.32 Å². The molecule has 1 atom stereocenters. The molecule has 1 fully saturated rings. The number of nitrogens with zero attached hydrogens (tertiary/aromatic N) is 1. The SMILES string of the molecule is CNC(=O)CC1CCN(Cc2csc3ccccc23)C1. The van der Waals surface area contributed by atoms with E-state index in [1.54, 1.807) is 7.05 Å². The predicted octanol–water partition coefficient (Wildman–Crippen LogP) is 2.86. The van der Waals surface area contributed by atoms with Gasteiger partial charge in [0.1, 0.15) is 0 Å². The highest BCUT2D eigenvalue weighted by molar-refractivity contribution is 7.17. The Labute approximate surface area is 123 Å². The van der Waals surface area contributed by atoms with Gasteiger partial charge in [0.2, 0.25) is 5.91 Å². The van der Waals surface area contributed by atoms with E-state index in [2.05, 4.69) is 39.9 Å². The topological polar surface area (TPSA) is 32.3 Å². The van der Waals surface area contributed by atoms with Gasteiger partial charge in [0.05, 0.1) is 0 Å². The number of hydrogen-bond donors (Lipinski definition) is 1. The molecule has 1 saturated heterocycles. The van der Waals surface area contributed by atoms with Gasteiger partial charge in [0, 0.05) is 31.3 Å². The van der Waals surface area contributed by atoms with Crippen LogP contribution in [0.15, 0.2) is 29.6 Å². The molecule has 1 aliphatic heterocycles. The molecule has 1 amide bonds. The Balaban J connectivity index is 1.63. The van der Waals surface area contributed by atoms with Crippen molar-refractivity contribution in [1.82, 2.24) is 10.2 Å². The number of carbonyl (C=O) groups is 1. The summed E-state index contributed by atoms with van der Waals surface area (Å²) in [6, 6.07) is 8.59. The zero-order chi connectivity index (χ0) is 13.9. The van der Waals surface area contributed by atoms with Crippen molar-refractivity contribution in [2.75, 3.05) is 20.1 Å². The first kappa shape index (κ1) is 13.6. The summed E-state index contributed by atoms with van der Waals surface area (Å²) >= 11 is 1.82. The number of carbonyl (C=O) groups excluding carboxylic acids is 1. The van der Waals surface area contributed by atoms with Gasteiger partial charge in [-0.3, -0.25) is 9.69 Å².